The Labute approximate surface area is 145 Å². The fourth-order valence-corrected chi connectivity index (χ4v) is 2.19. The average molecular weight is 338 g/mol. The van der Waals surface area contributed by atoms with Crippen molar-refractivity contribution in [2.75, 3.05) is 6.61 Å². The zero-order valence-electron chi connectivity index (χ0n) is 13.8. The number of rotatable bonds is 7. The maximum Gasteiger partial charge on any atom is 0.329 e. The van der Waals surface area contributed by atoms with Gasteiger partial charge in [-0.3, -0.25) is 0 Å². The smallest absolute Gasteiger partial charge is 0.329 e. The van der Waals surface area contributed by atoms with Crippen LogP contribution in [0.15, 0.2) is 54.6 Å². The van der Waals surface area contributed by atoms with Crippen molar-refractivity contribution in [2.45, 2.75) is 20.1 Å². The number of aromatic nitrogens is 4. The molecule has 3 aromatic rings. The summed E-state index contributed by atoms with van der Waals surface area (Å²) in [4.78, 5) is 12.6. The maximum absolute atomic E-state index is 11.4. The summed E-state index contributed by atoms with van der Waals surface area (Å²) >= 11 is 0. The van der Waals surface area contributed by atoms with Gasteiger partial charge in [-0.1, -0.05) is 30.3 Å². The third-order valence-corrected chi connectivity index (χ3v) is 3.39. The molecule has 7 heteroatoms. The normalized spacial score (nSPS) is 10.4. The second-order valence-corrected chi connectivity index (χ2v) is 5.25. The third kappa shape index (κ3) is 4.63. The summed E-state index contributed by atoms with van der Waals surface area (Å²) in [5, 5.41) is 12.0. The molecule has 0 saturated heterocycles. The Morgan fingerprint density at radius 3 is 2.56 bits per heavy atom. The predicted octanol–water partition coefficient (Wildman–Crippen LogP) is 2.48. The lowest BCUT2D eigenvalue weighted by Crippen LogP contribution is -2.15. The molecule has 0 N–H and O–H groups in total. The molecule has 0 bridgehead atoms. The molecule has 0 amide bonds. The quantitative estimate of drug-likeness (QED) is 0.616. The first-order chi connectivity index (χ1) is 12.2. The van der Waals surface area contributed by atoms with Gasteiger partial charge in [0.15, 0.2) is 6.54 Å². The van der Waals surface area contributed by atoms with Gasteiger partial charge in [0.25, 0.3) is 0 Å². The molecular weight excluding hydrogens is 320 g/mol. The lowest BCUT2D eigenvalue weighted by molar-refractivity contribution is -0.144. The summed E-state index contributed by atoms with van der Waals surface area (Å²) < 4.78 is 10.6. The number of benzene rings is 2. The van der Waals surface area contributed by atoms with Crippen molar-refractivity contribution in [3.63, 3.8) is 0 Å². The summed E-state index contributed by atoms with van der Waals surface area (Å²) in [6.07, 6.45) is 0. The van der Waals surface area contributed by atoms with Gasteiger partial charge < -0.3 is 9.47 Å². The van der Waals surface area contributed by atoms with E-state index in [-0.39, 0.29) is 6.54 Å². The molecule has 128 valence electrons. The summed E-state index contributed by atoms with van der Waals surface area (Å²) in [6, 6.07) is 17.4. The molecule has 3 rings (SSSR count). The highest BCUT2D eigenvalue weighted by molar-refractivity contribution is 5.68. The van der Waals surface area contributed by atoms with E-state index in [2.05, 4.69) is 15.4 Å². The summed E-state index contributed by atoms with van der Waals surface area (Å²) in [7, 11) is 0. The van der Waals surface area contributed by atoms with E-state index in [1.165, 1.54) is 4.80 Å². The molecule has 7 nitrogen and oxygen atoms in total. The number of carbonyl (C=O) groups excluding carboxylic acids is 1. The number of nitrogens with zero attached hydrogens (tertiary/aromatic N) is 4. The zero-order valence-corrected chi connectivity index (χ0v) is 13.8. The van der Waals surface area contributed by atoms with Crippen LogP contribution < -0.4 is 4.74 Å². The van der Waals surface area contributed by atoms with Gasteiger partial charge in [0.1, 0.15) is 12.4 Å². The SMILES string of the molecule is CCOC(=O)Cn1nnc(-c2ccc(OCc3ccccc3)cc2)n1. The van der Waals surface area contributed by atoms with Crippen molar-refractivity contribution < 1.29 is 14.3 Å². The number of ether oxygens (including phenoxy) is 2. The van der Waals surface area contributed by atoms with Gasteiger partial charge in [-0.2, -0.15) is 4.80 Å². The van der Waals surface area contributed by atoms with Crippen LogP contribution in [0.5, 0.6) is 5.75 Å². The number of hydrogen-bond acceptors (Lipinski definition) is 6. The molecule has 0 atom stereocenters. The molecule has 1 heterocycles. The third-order valence-electron chi connectivity index (χ3n) is 3.39. The lowest BCUT2D eigenvalue weighted by atomic mass is 10.2. The van der Waals surface area contributed by atoms with Crippen LogP contribution in [-0.4, -0.2) is 32.8 Å². The first-order valence-electron chi connectivity index (χ1n) is 7.95. The van der Waals surface area contributed by atoms with Crippen LogP contribution in [0.2, 0.25) is 0 Å². The van der Waals surface area contributed by atoms with Gasteiger partial charge in [-0.15, -0.1) is 10.2 Å². The maximum atomic E-state index is 11.4. The van der Waals surface area contributed by atoms with Crippen LogP contribution >= 0.6 is 0 Å². The Kier molecular flexibility index (Phi) is 5.36. The fraction of sp³-hybridized carbons (Fsp3) is 0.222. The van der Waals surface area contributed by atoms with E-state index in [1.54, 1.807) is 6.92 Å². The van der Waals surface area contributed by atoms with Crippen LogP contribution in [0, 0.1) is 0 Å². The van der Waals surface area contributed by atoms with Crippen LogP contribution in [0.3, 0.4) is 0 Å². The first kappa shape index (κ1) is 16.6. The molecule has 0 radical (unpaired) electrons. The van der Waals surface area contributed by atoms with Crippen molar-refractivity contribution >= 4 is 5.97 Å². The molecular formula is C18H18N4O3. The minimum absolute atomic E-state index is 0.0564. The Bertz CT molecular complexity index is 816. The van der Waals surface area contributed by atoms with Crippen molar-refractivity contribution in [1.29, 1.82) is 0 Å². The standard InChI is InChI=1S/C18H18N4O3/c1-2-24-17(23)12-22-20-18(19-21-22)15-8-10-16(11-9-15)25-13-14-6-4-3-5-7-14/h3-11H,2,12-13H2,1H3. The number of esters is 1. The van der Waals surface area contributed by atoms with E-state index >= 15 is 0 Å². The molecule has 1 aromatic heterocycles. The van der Waals surface area contributed by atoms with Crippen molar-refractivity contribution in [2.24, 2.45) is 0 Å². The van der Waals surface area contributed by atoms with Gasteiger partial charge >= 0.3 is 5.97 Å². The second kappa shape index (κ2) is 8.05. The Balaban J connectivity index is 1.60. The molecule has 25 heavy (non-hydrogen) atoms. The molecule has 0 unspecified atom stereocenters. The summed E-state index contributed by atoms with van der Waals surface area (Å²) in [5.74, 6) is 0.807. The van der Waals surface area contributed by atoms with Gasteiger partial charge in [0.05, 0.1) is 6.61 Å². The average Bonchev–Trinajstić information content (AvgIpc) is 3.10. The highest BCUT2D eigenvalue weighted by atomic mass is 16.5. The Morgan fingerprint density at radius 2 is 1.84 bits per heavy atom. The Morgan fingerprint density at radius 1 is 1.08 bits per heavy atom. The molecule has 0 saturated carbocycles. The monoisotopic (exact) mass is 338 g/mol. The molecule has 0 aliphatic carbocycles. The van der Waals surface area contributed by atoms with Gasteiger partial charge in [0, 0.05) is 5.56 Å². The van der Waals surface area contributed by atoms with E-state index in [4.69, 9.17) is 9.47 Å². The highest BCUT2D eigenvalue weighted by Crippen LogP contribution is 2.19. The number of carbonyl (C=O) groups is 1. The first-order valence-corrected chi connectivity index (χ1v) is 7.95. The lowest BCUT2D eigenvalue weighted by Gasteiger charge is -2.06. The molecule has 0 fully saturated rings. The number of tetrazole rings is 1. The molecule has 2 aromatic carbocycles. The van der Waals surface area contributed by atoms with Crippen molar-refractivity contribution in [1.82, 2.24) is 20.2 Å². The fourth-order valence-electron chi connectivity index (χ4n) is 2.19. The van der Waals surface area contributed by atoms with Crippen LogP contribution in [0.1, 0.15) is 12.5 Å². The molecule has 0 aliphatic rings. The predicted molar refractivity (Wildman–Crippen MR) is 90.7 cm³/mol. The van der Waals surface area contributed by atoms with Crippen molar-refractivity contribution in [3.05, 3.63) is 60.2 Å². The van der Waals surface area contributed by atoms with Crippen LogP contribution in [-0.2, 0) is 22.7 Å². The number of hydrogen-bond donors (Lipinski definition) is 0. The van der Waals surface area contributed by atoms with E-state index in [0.29, 0.717) is 19.0 Å². The Hall–Kier alpha value is -3.22. The summed E-state index contributed by atoms with van der Waals surface area (Å²) in [6.45, 7) is 2.53. The highest BCUT2D eigenvalue weighted by Gasteiger charge is 2.10. The van der Waals surface area contributed by atoms with Crippen LogP contribution in [0.4, 0.5) is 0 Å². The topological polar surface area (TPSA) is 79.1 Å². The minimum atomic E-state index is -0.392. The largest absolute Gasteiger partial charge is 0.489 e. The van der Waals surface area contributed by atoms with E-state index < -0.39 is 5.97 Å². The van der Waals surface area contributed by atoms with E-state index in [9.17, 15) is 4.79 Å². The summed E-state index contributed by atoms with van der Waals surface area (Å²) in [5.41, 5.74) is 1.90. The van der Waals surface area contributed by atoms with Gasteiger partial charge in [-0.05, 0) is 42.0 Å². The second-order valence-electron chi connectivity index (χ2n) is 5.25. The van der Waals surface area contributed by atoms with E-state index in [1.807, 2.05) is 54.6 Å². The molecule has 0 aliphatic heterocycles. The minimum Gasteiger partial charge on any atom is -0.489 e. The molecule has 0 spiro atoms. The zero-order chi connectivity index (χ0) is 17.5. The van der Waals surface area contributed by atoms with E-state index in [0.717, 1.165) is 16.9 Å². The van der Waals surface area contributed by atoms with Gasteiger partial charge in [-0.25, -0.2) is 4.79 Å². The van der Waals surface area contributed by atoms with Crippen molar-refractivity contribution in [3.8, 4) is 17.1 Å². The van der Waals surface area contributed by atoms with Gasteiger partial charge in [0.2, 0.25) is 5.82 Å². The van der Waals surface area contributed by atoms with Crippen LogP contribution in [0.25, 0.3) is 11.4 Å².